The summed E-state index contributed by atoms with van der Waals surface area (Å²) >= 11 is 0. The van der Waals surface area contributed by atoms with Gasteiger partial charge in [0.15, 0.2) is 0 Å². The molecule has 0 aliphatic heterocycles. The van der Waals surface area contributed by atoms with Crippen LogP contribution in [0.2, 0.25) is 0 Å². The second-order valence-electron chi connectivity index (χ2n) is 3.24. The van der Waals surface area contributed by atoms with Gasteiger partial charge in [-0.1, -0.05) is 19.9 Å². The minimum Gasteiger partial charge on any atom is -0.478 e. The summed E-state index contributed by atoms with van der Waals surface area (Å²) < 4.78 is 0. The molecule has 0 aromatic carbocycles. The molecule has 0 heterocycles. The molecule has 0 aromatic rings. The number of nitrogens with zero attached hydrogens (tertiary/aromatic N) is 1. The number of allylic oxidation sites excluding steroid dienone is 3. The van der Waals surface area contributed by atoms with E-state index in [-0.39, 0.29) is 11.8 Å². The Morgan fingerprint density at radius 2 is 2.08 bits per heavy atom. The van der Waals surface area contributed by atoms with Gasteiger partial charge in [-0.15, -0.1) is 0 Å². The summed E-state index contributed by atoms with van der Waals surface area (Å²) in [5, 5.41) is 17.5. The van der Waals surface area contributed by atoms with Gasteiger partial charge in [-0.25, -0.2) is 4.79 Å². The zero-order chi connectivity index (χ0) is 10.0. The Hall–Kier alpha value is -1.56. The summed E-state index contributed by atoms with van der Waals surface area (Å²) in [6, 6.07) is 2.07. The van der Waals surface area contributed by atoms with Crippen molar-refractivity contribution < 1.29 is 9.90 Å². The Morgan fingerprint density at radius 1 is 1.46 bits per heavy atom. The molecule has 0 aromatic heterocycles. The highest BCUT2D eigenvalue weighted by Gasteiger charge is 2.26. The zero-order valence-electron chi connectivity index (χ0n) is 7.61. The first-order valence-electron chi connectivity index (χ1n) is 4.13. The Bertz CT molecular complexity index is 333. The average molecular weight is 177 g/mol. The van der Waals surface area contributed by atoms with Crippen LogP contribution in [0.1, 0.15) is 13.8 Å². The molecule has 0 fully saturated rings. The van der Waals surface area contributed by atoms with E-state index in [4.69, 9.17) is 10.4 Å². The van der Waals surface area contributed by atoms with Crippen LogP contribution in [0.5, 0.6) is 0 Å². The molecule has 13 heavy (non-hydrogen) atoms. The van der Waals surface area contributed by atoms with E-state index >= 15 is 0 Å². The molecule has 0 saturated carbocycles. The van der Waals surface area contributed by atoms with Crippen LogP contribution in [0, 0.1) is 23.2 Å². The third-order valence-corrected chi connectivity index (χ3v) is 2.55. The molecule has 3 heteroatoms. The highest BCUT2D eigenvalue weighted by atomic mass is 16.4. The van der Waals surface area contributed by atoms with Crippen LogP contribution >= 0.6 is 0 Å². The lowest BCUT2D eigenvalue weighted by atomic mass is 9.80. The Morgan fingerprint density at radius 3 is 2.54 bits per heavy atom. The summed E-state index contributed by atoms with van der Waals surface area (Å²) in [6.45, 7) is 3.70. The van der Waals surface area contributed by atoms with E-state index in [1.807, 2.05) is 13.8 Å². The highest BCUT2D eigenvalue weighted by Crippen LogP contribution is 2.30. The lowest BCUT2D eigenvalue weighted by Gasteiger charge is -2.22. The van der Waals surface area contributed by atoms with Gasteiger partial charge in [-0.2, -0.15) is 5.26 Å². The second kappa shape index (κ2) is 3.44. The number of aliphatic carboxylic acids is 1. The number of carboxylic acid groups (broad SMARTS) is 1. The van der Waals surface area contributed by atoms with Crippen molar-refractivity contribution in [1.82, 2.24) is 0 Å². The van der Waals surface area contributed by atoms with E-state index in [9.17, 15) is 4.79 Å². The molecule has 1 aliphatic rings. The second-order valence-corrected chi connectivity index (χ2v) is 3.24. The van der Waals surface area contributed by atoms with E-state index in [1.54, 1.807) is 6.08 Å². The zero-order valence-corrected chi connectivity index (χ0v) is 7.61. The van der Waals surface area contributed by atoms with Crippen molar-refractivity contribution in [3.05, 3.63) is 23.3 Å². The number of nitriles is 1. The lowest BCUT2D eigenvalue weighted by molar-refractivity contribution is -0.133. The molecule has 0 radical (unpaired) electrons. The van der Waals surface area contributed by atoms with Crippen LogP contribution in [-0.4, -0.2) is 11.1 Å². The van der Waals surface area contributed by atoms with E-state index < -0.39 is 5.97 Å². The van der Waals surface area contributed by atoms with E-state index in [2.05, 4.69) is 6.07 Å². The van der Waals surface area contributed by atoms with Crippen LogP contribution in [-0.2, 0) is 4.79 Å². The number of hydrogen-bond donors (Lipinski definition) is 1. The molecular formula is C10H11NO2. The number of rotatable bonds is 1. The molecule has 0 bridgehead atoms. The number of carbonyl (C=O) groups is 1. The molecule has 1 N–H and O–H groups in total. The maximum absolute atomic E-state index is 10.7. The Labute approximate surface area is 77.0 Å². The summed E-state index contributed by atoms with van der Waals surface area (Å²) in [5.74, 6) is -0.981. The minimum absolute atomic E-state index is 0.00102. The van der Waals surface area contributed by atoms with Gasteiger partial charge in [0, 0.05) is 11.1 Å². The van der Waals surface area contributed by atoms with Gasteiger partial charge in [-0.3, -0.25) is 0 Å². The van der Waals surface area contributed by atoms with Crippen molar-refractivity contribution >= 4 is 5.97 Å². The fourth-order valence-electron chi connectivity index (χ4n) is 1.43. The predicted octanol–water partition coefficient (Wildman–Crippen LogP) is 1.73. The summed E-state index contributed by atoms with van der Waals surface area (Å²) in [7, 11) is 0. The van der Waals surface area contributed by atoms with Crippen LogP contribution in [0.25, 0.3) is 0 Å². The molecule has 0 saturated heterocycles. The van der Waals surface area contributed by atoms with Gasteiger partial charge in [-0.05, 0) is 17.9 Å². The van der Waals surface area contributed by atoms with Crippen molar-refractivity contribution in [1.29, 1.82) is 5.26 Å². The largest absolute Gasteiger partial charge is 0.478 e. The SMILES string of the molecule is CC1C(C#N)=CC=C(C(=O)O)C1C. The summed E-state index contributed by atoms with van der Waals surface area (Å²) in [4.78, 5) is 10.7. The maximum Gasteiger partial charge on any atom is 0.331 e. The fourth-order valence-corrected chi connectivity index (χ4v) is 1.43. The Balaban J connectivity index is 3.05. The van der Waals surface area contributed by atoms with Gasteiger partial charge in [0.05, 0.1) is 6.07 Å². The molecule has 2 unspecified atom stereocenters. The van der Waals surface area contributed by atoms with Crippen LogP contribution in [0.3, 0.4) is 0 Å². The predicted molar refractivity (Wildman–Crippen MR) is 47.7 cm³/mol. The number of carboxylic acids is 1. The minimum atomic E-state index is -0.896. The normalized spacial score (nSPS) is 27.2. The average Bonchev–Trinajstić information content (AvgIpc) is 2.09. The summed E-state index contributed by atoms with van der Waals surface area (Å²) in [5.41, 5.74) is 1.03. The van der Waals surface area contributed by atoms with Crippen LogP contribution in [0.4, 0.5) is 0 Å². The van der Waals surface area contributed by atoms with Crippen molar-refractivity contribution in [3.63, 3.8) is 0 Å². The van der Waals surface area contributed by atoms with Crippen molar-refractivity contribution in [2.45, 2.75) is 13.8 Å². The van der Waals surface area contributed by atoms with Gasteiger partial charge in [0.1, 0.15) is 0 Å². The quantitative estimate of drug-likeness (QED) is 0.663. The molecule has 1 aliphatic carbocycles. The first kappa shape index (κ1) is 9.53. The van der Waals surface area contributed by atoms with Crippen molar-refractivity contribution in [2.75, 3.05) is 0 Å². The molecule has 0 spiro atoms. The molecular weight excluding hydrogens is 166 g/mol. The monoisotopic (exact) mass is 177 g/mol. The third-order valence-electron chi connectivity index (χ3n) is 2.55. The van der Waals surface area contributed by atoms with E-state index in [1.165, 1.54) is 6.08 Å². The van der Waals surface area contributed by atoms with Crippen LogP contribution < -0.4 is 0 Å². The fraction of sp³-hybridized carbons (Fsp3) is 0.400. The lowest BCUT2D eigenvalue weighted by Crippen LogP contribution is -2.20. The van der Waals surface area contributed by atoms with Crippen LogP contribution in [0.15, 0.2) is 23.3 Å². The molecule has 68 valence electrons. The van der Waals surface area contributed by atoms with Gasteiger partial charge < -0.3 is 5.11 Å². The molecule has 0 amide bonds. The third kappa shape index (κ3) is 1.62. The first-order chi connectivity index (χ1) is 6.07. The topological polar surface area (TPSA) is 61.1 Å². The van der Waals surface area contributed by atoms with Crippen molar-refractivity contribution in [3.8, 4) is 6.07 Å². The number of hydrogen-bond acceptors (Lipinski definition) is 2. The van der Waals surface area contributed by atoms with Gasteiger partial charge >= 0.3 is 5.97 Å². The first-order valence-corrected chi connectivity index (χ1v) is 4.13. The standard InChI is InChI=1S/C10H11NO2/c1-6-7(2)9(10(12)13)4-3-8(6)5-11/h3-4,6-7H,1-2H3,(H,12,13). The maximum atomic E-state index is 10.7. The van der Waals surface area contributed by atoms with E-state index in [0.29, 0.717) is 11.1 Å². The van der Waals surface area contributed by atoms with Gasteiger partial charge in [0.2, 0.25) is 0 Å². The highest BCUT2D eigenvalue weighted by molar-refractivity contribution is 5.88. The molecule has 1 rings (SSSR count). The van der Waals surface area contributed by atoms with E-state index in [0.717, 1.165) is 0 Å². The van der Waals surface area contributed by atoms with Gasteiger partial charge in [0.25, 0.3) is 0 Å². The Kier molecular flexibility index (Phi) is 2.52. The molecule has 2 atom stereocenters. The van der Waals surface area contributed by atoms with Crippen molar-refractivity contribution in [2.24, 2.45) is 11.8 Å². The molecule has 3 nitrogen and oxygen atoms in total. The smallest absolute Gasteiger partial charge is 0.331 e. The summed E-state index contributed by atoms with van der Waals surface area (Å²) in [6.07, 6.45) is 3.11.